The van der Waals surface area contributed by atoms with E-state index in [4.69, 9.17) is 23.2 Å². The Bertz CT molecular complexity index is 995. The third-order valence-electron chi connectivity index (χ3n) is 3.34. The number of carbonyl (C=O) groups excluding carboxylic acids is 1. The molecule has 0 bridgehead atoms. The van der Waals surface area contributed by atoms with Gasteiger partial charge in [-0.25, -0.2) is 5.43 Å². The Hall–Kier alpha value is -2.63. The number of hydrogen-bond donors (Lipinski definition) is 2. The third-order valence-corrected chi connectivity index (χ3v) is 3.82. The van der Waals surface area contributed by atoms with Gasteiger partial charge in [0.2, 0.25) is 5.43 Å². The van der Waals surface area contributed by atoms with Crippen molar-refractivity contribution in [2.45, 2.75) is 0 Å². The van der Waals surface area contributed by atoms with E-state index in [0.29, 0.717) is 20.9 Å². The first-order chi connectivity index (χ1) is 11.5. The molecule has 3 aromatic rings. The summed E-state index contributed by atoms with van der Waals surface area (Å²) in [5.41, 5.74) is 3.24. The molecular weight excluding hydrogens is 349 g/mol. The van der Waals surface area contributed by atoms with Crippen molar-refractivity contribution < 1.29 is 4.79 Å². The molecule has 120 valence electrons. The first-order valence-corrected chi connectivity index (χ1v) is 7.70. The van der Waals surface area contributed by atoms with Crippen LogP contribution in [0.15, 0.2) is 58.6 Å². The van der Waals surface area contributed by atoms with Gasteiger partial charge in [0, 0.05) is 21.6 Å². The van der Waals surface area contributed by atoms with Gasteiger partial charge in [0.25, 0.3) is 5.91 Å². The zero-order valence-corrected chi connectivity index (χ0v) is 13.7. The summed E-state index contributed by atoms with van der Waals surface area (Å²) in [6.07, 6.45) is 2.80. The topological polar surface area (TPSA) is 74.3 Å². The van der Waals surface area contributed by atoms with E-state index < -0.39 is 5.91 Å². The normalized spacial score (nSPS) is 11.1. The predicted octanol–water partition coefficient (Wildman–Crippen LogP) is 3.60. The van der Waals surface area contributed by atoms with Crippen molar-refractivity contribution in [1.29, 1.82) is 0 Å². The van der Waals surface area contributed by atoms with E-state index in [-0.39, 0.29) is 11.0 Å². The molecule has 2 aromatic carbocycles. The molecule has 0 atom stereocenters. The lowest BCUT2D eigenvalue weighted by Crippen LogP contribution is -2.25. The van der Waals surface area contributed by atoms with Crippen molar-refractivity contribution in [2.75, 3.05) is 0 Å². The molecule has 1 heterocycles. The number of amides is 1. The molecular formula is C17H11Cl2N3O2. The number of fused-ring (bicyclic) bond motifs is 1. The van der Waals surface area contributed by atoms with Crippen molar-refractivity contribution in [2.24, 2.45) is 5.10 Å². The Balaban J connectivity index is 1.81. The molecule has 7 heteroatoms. The SMILES string of the molecule is O=C(N/N=C/c1ccc(Cl)cc1)c1c[nH]c2cc(Cl)ccc2c1=O. The van der Waals surface area contributed by atoms with E-state index in [2.05, 4.69) is 15.5 Å². The van der Waals surface area contributed by atoms with Gasteiger partial charge in [-0.15, -0.1) is 0 Å². The van der Waals surface area contributed by atoms with Crippen LogP contribution in [0.25, 0.3) is 10.9 Å². The van der Waals surface area contributed by atoms with Crippen LogP contribution in [0.2, 0.25) is 10.0 Å². The second kappa shape index (κ2) is 6.86. The number of rotatable bonds is 3. The number of H-pyrrole nitrogens is 1. The van der Waals surface area contributed by atoms with Gasteiger partial charge in [0.05, 0.1) is 11.7 Å². The number of halogens is 2. The lowest BCUT2D eigenvalue weighted by molar-refractivity contribution is 0.0954. The Kier molecular flexibility index (Phi) is 4.64. The van der Waals surface area contributed by atoms with Gasteiger partial charge >= 0.3 is 0 Å². The number of carbonyl (C=O) groups is 1. The van der Waals surface area contributed by atoms with Crippen LogP contribution in [0.5, 0.6) is 0 Å². The minimum Gasteiger partial charge on any atom is -0.360 e. The van der Waals surface area contributed by atoms with Crippen LogP contribution in [0.3, 0.4) is 0 Å². The molecule has 0 spiro atoms. The summed E-state index contributed by atoms with van der Waals surface area (Å²) >= 11 is 11.7. The number of nitrogens with one attached hydrogen (secondary N) is 2. The number of benzene rings is 2. The highest BCUT2D eigenvalue weighted by molar-refractivity contribution is 6.31. The highest BCUT2D eigenvalue weighted by Crippen LogP contribution is 2.15. The number of aromatic nitrogens is 1. The fourth-order valence-corrected chi connectivity index (χ4v) is 2.44. The Morgan fingerprint density at radius 3 is 2.54 bits per heavy atom. The summed E-state index contributed by atoms with van der Waals surface area (Å²) < 4.78 is 0. The highest BCUT2D eigenvalue weighted by Gasteiger charge is 2.12. The van der Waals surface area contributed by atoms with E-state index in [1.54, 1.807) is 42.5 Å². The summed E-state index contributed by atoms with van der Waals surface area (Å²) in [4.78, 5) is 27.4. The molecule has 3 rings (SSSR count). The quantitative estimate of drug-likeness (QED) is 0.553. The zero-order chi connectivity index (χ0) is 17.1. The summed E-state index contributed by atoms with van der Waals surface area (Å²) in [7, 11) is 0. The van der Waals surface area contributed by atoms with Crippen LogP contribution < -0.4 is 10.9 Å². The fraction of sp³-hybridized carbons (Fsp3) is 0. The fourth-order valence-electron chi connectivity index (χ4n) is 2.14. The minimum absolute atomic E-state index is 0.0296. The second-order valence-electron chi connectivity index (χ2n) is 4.97. The lowest BCUT2D eigenvalue weighted by Gasteiger charge is -2.03. The van der Waals surface area contributed by atoms with Gasteiger partial charge in [-0.2, -0.15) is 5.10 Å². The van der Waals surface area contributed by atoms with E-state index >= 15 is 0 Å². The van der Waals surface area contributed by atoms with E-state index in [1.165, 1.54) is 12.4 Å². The van der Waals surface area contributed by atoms with Gasteiger partial charge < -0.3 is 4.98 Å². The van der Waals surface area contributed by atoms with Crippen molar-refractivity contribution >= 4 is 46.2 Å². The van der Waals surface area contributed by atoms with Crippen molar-refractivity contribution in [3.8, 4) is 0 Å². The van der Waals surface area contributed by atoms with Gasteiger partial charge in [-0.05, 0) is 35.9 Å². The van der Waals surface area contributed by atoms with Crippen LogP contribution in [0.4, 0.5) is 0 Å². The van der Waals surface area contributed by atoms with Crippen molar-refractivity contribution in [1.82, 2.24) is 10.4 Å². The maximum Gasteiger partial charge on any atom is 0.276 e. The van der Waals surface area contributed by atoms with Gasteiger partial charge in [0.15, 0.2) is 0 Å². The number of aromatic amines is 1. The Labute approximate surface area is 146 Å². The van der Waals surface area contributed by atoms with Crippen LogP contribution in [0, 0.1) is 0 Å². The number of hydrazone groups is 1. The molecule has 2 N–H and O–H groups in total. The molecule has 0 fully saturated rings. The molecule has 0 radical (unpaired) electrons. The van der Waals surface area contributed by atoms with Crippen molar-refractivity contribution in [3.63, 3.8) is 0 Å². The smallest absolute Gasteiger partial charge is 0.276 e. The van der Waals surface area contributed by atoms with Crippen molar-refractivity contribution in [3.05, 3.63) is 80.1 Å². The average Bonchev–Trinajstić information content (AvgIpc) is 2.56. The van der Waals surface area contributed by atoms with Crippen LogP contribution in [-0.4, -0.2) is 17.1 Å². The molecule has 0 aliphatic carbocycles. The third kappa shape index (κ3) is 3.48. The second-order valence-corrected chi connectivity index (χ2v) is 5.84. The van der Waals surface area contributed by atoms with Gasteiger partial charge in [0.1, 0.15) is 5.56 Å². The standard InChI is InChI=1S/C17H11Cl2N3O2/c18-11-3-1-10(2-4-11)8-21-22-17(24)14-9-20-15-7-12(19)5-6-13(15)16(14)23/h1-9H,(H,20,23)(H,22,24)/b21-8+. The first-order valence-electron chi connectivity index (χ1n) is 6.94. The monoisotopic (exact) mass is 359 g/mol. The summed E-state index contributed by atoms with van der Waals surface area (Å²) in [5.74, 6) is -0.599. The first kappa shape index (κ1) is 16.2. The lowest BCUT2D eigenvalue weighted by atomic mass is 10.1. The van der Waals surface area contributed by atoms with Crippen LogP contribution >= 0.6 is 23.2 Å². The molecule has 0 aliphatic rings. The number of hydrogen-bond acceptors (Lipinski definition) is 3. The largest absolute Gasteiger partial charge is 0.360 e. The zero-order valence-electron chi connectivity index (χ0n) is 12.2. The number of pyridine rings is 1. The predicted molar refractivity (Wildman–Crippen MR) is 96.1 cm³/mol. The van der Waals surface area contributed by atoms with E-state index in [9.17, 15) is 9.59 Å². The average molecular weight is 360 g/mol. The maximum atomic E-state index is 12.4. The minimum atomic E-state index is -0.599. The summed E-state index contributed by atoms with van der Waals surface area (Å²) in [6.45, 7) is 0. The Morgan fingerprint density at radius 1 is 1.08 bits per heavy atom. The highest BCUT2D eigenvalue weighted by atomic mass is 35.5. The molecule has 0 saturated carbocycles. The van der Waals surface area contributed by atoms with Crippen LogP contribution in [-0.2, 0) is 0 Å². The molecule has 5 nitrogen and oxygen atoms in total. The number of nitrogens with zero attached hydrogens (tertiary/aromatic N) is 1. The molecule has 0 unspecified atom stereocenters. The summed E-state index contributed by atoms with van der Waals surface area (Å²) in [5, 5.41) is 5.34. The molecule has 0 saturated heterocycles. The molecule has 1 amide bonds. The molecule has 0 aliphatic heterocycles. The van der Waals surface area contributed by atoms with E-state index in [0.717, 1.165) is 5.56 Å². The Morgan fingerprint density at radius 2 is 1.79 bits per heavy atom. The summed E-state index contributed by atoms with van der Waals surface area (Å²) in [6, 6.07) is 11.7. The van der Waals surface area contributed by atoms with E-state index in [1.807, 2.05) is 0 Å². The van der Waals surface area contributed by atoms with Crippen LogP contribution in [0.1, 0.15) is 15.9 Å². The molecule has 24 heavy (non-hydrogen) atoms. The van der Waals surface area contributed by atoms with Gasteiger partial charge in [-0.3, -0.25) is 9.59 Å². The maximum absolute atomic E-state index is 12.4. The molecule has 1 aromatic heterocycles. The van der Waals surface area contributed by atoms with Gasteiger partial charge in [-0.1, -0.05) is 35.3 Å².